The molecule has 1 rings (SSSR count). The van der Waals surface area contributed by atoms with Gasteiger partial charge in [-0.3, -0.25) is 0 Å². The molecule has 3 N–H and O–H groups in total. The van der Waals surface area contributed by atoms with E-state index in [2.05, 4.69) is 19.0 Å². The molecule has 130 valence electrons. The summed E-state index contributed by atoms with van der Waals surface area (Å²) >= 11 is 0. The van der Waals surface area contributed by atoms with E-state index in [1.807, 2.05) is 0 Å². The average molecular weight is 323 g/mol. The van der Waals surface area contributed by atoms with E-state index in [0.29, 0.717) is 6.10 Å². The normalized spacial score (nSPS) is 16.4. The van der Waals surface area contributed by atoms with Crippen LogP contribution in [0, 0.1) is 0 Å². The molecule has 0 aliphatic carbocycles. The minimum Gasteiger partial charge on any atom is -0.373 e. The lowest BCUT2D eigenvalue weighted by atomic mass is 10.0. The van der Waals surface area contributed by atoms with E-state index in [0.717, 1.165) is 6.61 Å². The van der Waals surface area contributed by atoms with Crippen molar-refractivity contribution >= 4 is 12.4 Å². The first-order valence-corrected chi connectivity index (χ1v) is 8.55. The van der Waals surface area contributed by atoms with E-state index in [1.165, 1.54) is 83.6 Å². The molecular formula is C17H39ClN2O. The van der Waals surface area contributed by atoms with Crippen molar-refractivity contribution in [1.82, 2.24) is 11.1 Å². The summed E-state index contributed by atoms with van der Waals surface area (Å²) in [5.41, 5.74) is 0. The maximum absolute atomic E-state index is 5.22. The third-order valence-electron chi connectivity index (χ3n) is 4.03. The molecule has 0 amide bonds. The van der Waals surface area contributed by atoms with Gasteiger partial charge in [-0.1, -0.05) is 64.2 Å². The number of nitrogens with zero attached hydrogens (tertiary/aromatic N) is 1. The predicted octanol–water partition coefficient (Wildman–Crippen LogP) is 5.21. The summed E-state index contributed by atoms with van der Waals surface area (Å²) in [4.78, 5) is 2.29. The molecule has 0 saturated carbocycles. The average Bonchev–Trinajstić information content (AvgIpc) is 3.18. The zero-order valence-electron chi connectivity index (χ0n) is 14.4. The lowest BCUT2D eigenvalue weighted by molar-refractivity contribution is 0.386. The third kappa shape index (κ3) is 18.1. The first-order valence-electron chi connectivity index (χ1n) is 8.55. The van der Waals surface area contributed by atoms with Gasteiger partial charge in [0, 0.05) is 0 Å². The molecule has 1 heterocycles. The van der Waals surface area contributed by atoms with Crippen molar-refractivity contribution in [3.8, 4) is 0 Å². The molecule has 0 bridgehead atoms. The smallest absolute Gasteiger partial charge is 0.0810 e. The van der Waals surface area contributed by atoms with Gasteiger partial charge in [0.15, 0.2) is 0 Å². The van der Waals surface area contributed by atoms with Crippen LogP contribution in [0.3, 0.4) is 0 Å². The van der Waals surface area contributed by atoms with Crippen molar-refractivity contribution in [3.63, 3.8) is 0 Å². The molecule has 3 nitrogen and oxygen atoms in total. The number of unbranched alkanes of at least 4 members (excludes halogenated alkanes) is 10. The fourth-order valence-electron chi connectivity index (χ4n) is 2.63. The number of hydrogen-bond acceptors (Lipinski definition) is 3. The van der Waals surface area contributed by atoms with Crippen LogP contribution in [0.5, 0.6) is 0 Å². The zero-order valence-corrected chi connectivity index (χ0v) is 15.3. The Morgan fingerprint density at radius 2 is 1.14 bits per heavy atom. The van der Waals surface area contributed by atoms with Crippen molar-refractivity contribution in [2.75, 3.05) is 27.2 Å². The van der Waals surface area contributed by atoms with Crippen LogP contribution >= 0.6 is 12.4 Å². The molecule has 1 fully saturated rings. The molecule has 0 spiro atoms. The molecule has 1 aliphatic heterocycles. The highest BCUT2D eigenvalue weighted by Gasteiger charge is 2.20. The van der Waals surface area contributed by atoms with Gasteiger partial charge in [-0.05, 0) is 33.5 Å². The number of hydrogen-bond donors (Lipinski definition) is 1. The van der Waals surface area contributed by atoms with Gasteiger partial charge in [-0.25, -0.2) is 0 Å². The van der Waals surface area contributed by atoms with E-state index in [1.54, 1.807) is 0 Å². The van der Waals surface area contributed by atoms with Crippen molar-refractivity contribution in [1.29, 1.82) is 0 Å². The summed E-state index contributed by atoms with van der Waals surface area (Å²) in [5, 5.41) is 0. The van der Waals surface area contributed by atoms with Crippen molar-refractivity contribution < 1.29 is 4.74 Å². The van der Waals surface area contributed by atoms with E-state index >= 15 is 0 Å². The fraction of sp³-hybridized carbons (Fsp3) is 1.00. The Balaban J connectivity index is 0. The second-order valence-corrected chi connectivity index (χ2v) is 6.44. The summed E-state index contributed by atoms with van der Waals surface area (Å²) < 4.78 is 5.22. The summed E-state index contributed by atoms with van der Waals surface area (Å²) in [5.74, 6) is 0. The van der Waals surface area contributed by atoms with Gasteiger partial charge in [0.1, 0.15) is 0 Å². The fourth-order valence-corrected chi connectivity index (χ4v) is 2.63. The molecule has 0 aromatic heterocycles. The van der Waals surface area contributed by atoms with Crippen molar-refractivity contribution in [2.24, 2.45) is 0 Å². The minimum atomic E-state index is 0. The topological polar surface area (TPSA) is 50.8 Å². The van der Waals surface area contributed by atoms with E-state index < -0.39 is 0 Å². The van der Waals surface area contributed by atoms with Crippen LogP contribution < -0.4 is 6.15 Å². The van der Waals surface area contributed by atoms with E-state index in [-0.39, 0.29) is 18.6 Å². The summed E-state index contributed by atoms with van der Waals surface area (Å²) in [6.07, 6.45) is 17.7. The Morgan fingerprint density at radius 3 is 1.52 bits per heavy atom. The molecule has 0 aromatic carbocycles. The SMILES string of the molecule is CN(C)CCCCCCCCCCCCCC1CO1.Cl.N. The van der Waals surface area contributed by atoms with Crippen LogP contribution in [0.1, 0.15) is 77.0 Å². The Bertz CT molecular complexity index is 187. The summed E-state index contributed by atoms with van der Waals surface area (Å²) in [7, 11) is 4.33. The summed E-state index contributed by atoms with van der Waals surface area (Å²) in [6.45, 7) is 2.29. The van der Waals surface area contributed by atoms with E-state index in [9.17, 15) is 0 Å². The number of epoxide rings is 1. The molecular weight excluding hydrogens is 284 g/mol. The van der Waals surface area contributed by atoms with Gasteiger partial charge in [0.2, 0.25) is 0 Å². The van der Waals surface area contributed by atoms with Crippen LogP contribution in [0.2, 0.25) is 0 Å². The highest BCUT2D eigenvalue weighted by atomic mass is 35.5. The lowest BCUT2D eigenvalue weighted by Crippen LogP contribution is -2.12. The van der Waals surface area contributed by atoms with E-state index in [4.69, 9.17) is 4.74 Å². The Morgan fingerprint density at radius 1 is 0.762 bits per heavy atom. The highest BCUT2D eigenvalue weighted by molar-refractivity contribution is 5.85. The minimum absolute atomic E-state index is 0. The van der Waals surface area contributed by atoms with Crippen LogP contribution in [-0.2, 0) is 4.74 Å². The Kier molecular flexibility index (Phi) is 18.5. The predicted molar refractivity (Wildman–Crippen MR) is 96.0 cm³/mol. The molecule has 1 saturated heterocycles. The Labute approximate surface area is 139 Å². The first kappa shape index (κ1) is 23.4. The maximum atomic E-state index is 5.22. The van der Waals surface area contributed by atoms with Gasteiger partial charge in [0.05, 0.1) is 12.7 Å². The highest BCUT2D eigenvalue weighted by Crippen LogP contribution is 2.18. The van der Waals surface area contributed by atoms with Crippen LogP contribution in [0.25, 0.3) is 0 Å². The monoisotopic (exact) mass is 322 g/mol. The molecule has 21 heavy (non-hydrogen) atoms. The quantitative estimate of drug-likeness (QED) is 0.352. The van der Waals surface area contributed by atoms with Crippen LogP contribution in [-0.4, -0.2) is 38.3 Å². The second kappa shape index (κ2) is 16.5. The van der Waals surface area contributed by atoms with Crippen LogP contribution in [0.15, 0.2) is 0 Å². The first-order chi connectivity index (χ1) is 9.29. The van der Waals surface area contributed by atoms with Crippen molar-refractivity contribution in [3.05, 3.63) is 0 Å². The van der Waals surface area contributed by atoms with Gasteiger partial charge in [0.25, 0.3) is 0 Å². The molecule has 4 heteroatoms. The molecule has 1 unspecified atom stereocenters. The molecule has 1 aliphatic rings. The van der Waals surface area contributed by atoms with Crippen LogP contribution in [0.4, 0.5) is 0 Å². The second-order valence-electron chi connectivity index (χ2n) is 6.44. The maximum Gasteiger partial charge on any atom is 0.0810 e. The number of halogens is 1. The molecule has 0 aromatic rings. The van der Waals surface area contributed by atoms with Crippen molar-refractivity contribution in [2.45, 2.75) is 83.2 Å². The van der Waals surface area contributed by atoms with Gasteiger partial charge < -0.3 is 15.8 Å². The van der Waals surface area contributed by atoms with Gasteiger partial charge in [-0.15, -0.1) is 12.4 Å². The standard InChI is InChI=1S/C17H35NO.ClH.H3N/c1-18(2)15-13-11-9-7-5-3-4-6-8-10-12-14-17-16-19-17;;/h17H,3-16H2,1-2H3;1H;1H3. The molecule has 1 atom stereocenters. The number of ether oxygens (including phenoxy) is 1. The summed E-state index contributed by atoms with van der Waals surface area (Å²) in [6, 6.07) is 0. The lowest BCUT2D eigenvalue weighted by Gasteiger charge is -2.08. The largest absolute Gasteiger partial charge is 0.373 e. The third-order valence-corrected chi connectivity index (χ3v) is 4.03. The van der Waals surface area contributed by atoms with Gasteiger partial charge in [-0.2, -0.15) is 0 Å². The zero-order chi connectivity index (χ0) is 13.8. The number of rotatable bonds is 14. The molecule has 0 radical (unpaired) electrons. The Hall–Kier alpha value is 0.170. The van der Waals surface area contributed by atoms with Gasteiger partial charge >= 0.3 is 0 Å².